The molecular weight excluding hydrogens is 416 g/mol. The van der Waals surface area contributed by atoms with Gasteiger partial charge in [0.25, 0.3) is 5.91 Å². The Balaban J connectivity index is 1.59. The van der Waals surface area contributed by atoms with Gasteiger partial charge in [0.05, 0.1) is 14.2 Å². The van der Waals surface area contributed by atoms with Gasteiger partial charge in [0, 0.05) is 24.6 Å². The predicted octanol–water partition coefficient (Wildman–Crippen LogP) is 4.15. The van der Waals surface area contributed by atoms with E-state index >= 15 is 0 Å². The summed E-state index contributed by atoms with van der Waals surface area (Å²) in [5, 5.41) is 3.27. The molecule has 0 bridgehead atoms. The normalized spacial score (nSPS) is 20.8. The highest BCUT2D eigenvalue weighted by molar-refractivity contribution is 6.02. The third-order valence-corrected chi connectivity index (χ3v) is 7.12. The van der Waals surface area contributed by atoms with Crippen molar-refractivity contribution in [1.29, 1.82) is 0 Å². The number of rotatable bonds is 7. The Kier molecular flexibility index (Phi) is 6.91. The molecule has 2 amide bonds. The van der Waals surface area contributed by atoms with E-state index in [9.17, 15) is 9.59 Å². The van der Waals surface area contributed by atoms with Crippen molar-refractivity contribution in [2.45, 2.75) is 63.5 Å². The summed E-state index contributed by atoms with van der Waals surface area (Å²) in [6.07, 6.45) is 6.67. The molecule has 33 heavy (non-hydrogen) atoms. The molecule has 2 aromatic rings. The molecular formula is C27H34N2O4. The van der Waals surface area contributed by atoms with Gasteiger partial charge >= 0.3 is 0 Å². The van der Waals surface area contributed by atoms with E-state index in [1.807, 2.05) is 49.4 Å². The number of methoxy groups -OCH3 is 2. The molecule has 1 heterocycles. The minimum atomic E-state index is -0.931. The Morgan fingerprint density at radius 1 is 1.06 bits per heavy atom. The Hall–Kier alpha value is -3.02. The number of ether oxygens (including phenoxy) is 2. The number of nitrogens with zero attached hydrogens (tertiary/aromatic N) is 1. The second-order valence-electron chi connectivity index (χ2n) is 9.31. The second kappa shape index (κ2) is 9.86. The van der Waals surface area contributed by atoms with Crippen LogP contribution in [0.2, 0.25) is 0 Å². The maximum absolute atomic E-state index is 13.6. The van der Waals surface area contributed by atoms with Crippen molar-refractivity contribution in [2.24, 2.45) is 0 Å². The van der Waals surface area contributed by atoms with Gasteiger partial charge in [-0.3, -0.25) is 9.59 Å². The maximum atomic E-state index is 13.6. The molecule has 2 aliphatic rings. The van der Waals surface area contributed by atoms with E-state index in [4.69, 9.17) is 9.47 Å². The first-order chi connectivity index (χ1) is 16.0. The molecule has 1 unspecified atom stereocenters. The number of carbonyl (C=O) groups is 2. The average molecular weight is 451 g/mol. The highest BCUT2D eigenvalue weighted by atomic mass is 16.5. The zero-order valence-electron chi connectivity index (χ0n) is 19.9. The first-order valence-electron chi connectivity index (χ1n) is 11.9. The lowest BCUT2D eigenvalue weighted by Gasteiger charge is -2.45. The standard InChI is InChI=1S/C27H34N2O4/c1-27(26(31)28-21-10-5-4-6-11-21)18-20-9-7-8-12-22(20)25(30)29(27)16-15-19-13-14-23(32-2)24(17-19)33-3/h7-9,12-14,17,21H,4-6,10-11,15-16,18H2,1-3H3,(H,28,31). The van der Waals surface area contributed by atoms with Crippen LogP contribution in [0.1, 0.15) is 60.5 Å². The van der Waals surface area contributed by atoms with E-state index in [1.165, 1.54) is 6.42 Å². The van der Waals surface area contributed by atoms with Crippen LogP contribution in [-0.2, 0) is 17.6 Å². The first-order valence-corrected chi connectivity index (χ1v) is 11.9. The molecule has 1 N–H and O–H groups in total. The maximum Gasteiger partial charge on any atom is 0.255 e. The first kappa shape index (κ1) is 23.1. The SMILES string of the molecule is COc1ccc(CCN2C(=O)c3ccccc3CC2(C)C(=O)NC2CCCCC2)cc1OC. The van der Waals surface area contributed by atoms with E-state index in [0.717, 1.165) is 36.8 Å². The number of carbonyl (C=O) groups excluding carboxylic acids is 2. The van der Waals surface area contributed by atoms with Gasteiger partial charge in [-0.05, 0) is 55.5 Å². The topological polar surface area (TPSA) is 67.9 Å². The van der Waals surface area contributed by atoms with E-state index in [2.05, 4.69) is 5.32 Å². The fraction of sp³-hybridized carbons (Fsp3) is 0.481. The lowest BCUT2D eigenvalue weighted by atomic mass is 9.82. The second-order valence-corrected chi connectivity index (χ2v) is 9.31. The van der Waals surface area contributed by atoms with E-state index in [1.54, 1.807) is 19.1 Å². The third-order valence-electron chi connectivity index (χ3n) is 7.12. The van der Waals surface area contributed by atoms with Crippen LogP contribution < -0.4 is 14.8 Å². The van der Waals surface area contributed by atoms with Crippen LogP contribution in [0.15, 0.2) is 42.5 Å². The lowest BCUT2D eigenvalue weighted by Crippen LogP contribution is -2.64. The predicted molar refractivity (Wildman–Crippen MR) is 128 cm³/mol. The van der Waals surface area contributed by atoms with Crippen LogP contribution in [-0.4, -0.2) is 49.1 Å². The summed E-state index contributed by atoms with van der Waals surface area (Å²) in [5.74, 6) is 1.19. The van der Waals surface area contributed by atoms with Gasteiger partial charge in [0.1, 0.15) is 5.54 Å². The van der Waals surface area contributed by atoms with Gasteiger partial charge in [-0.25, -0.2) is 0 Å². The molecule has 6 nitrogen and oxygen atoms in total. The minimum Gasteiger partial charge on any atom is -0.493 e. The molecule has 176 valence electrons. The summed E-state index contributed by atoms with van der Waals surface area (Å²) in [5.41, 5.74) is 1.72. The van der Waals surface area contributed by atoms with Crippen LogP contribution >= 0.6 is 0 Å². The number of nitrogens with one attached hydrogen (secondary N) is 1. The molecule has 6 heteroatoms. The molecule has 2 aromatic carbocycles. The summed E-state index contributed by atoms with van der Waals surface area (Å²) in [6.45, 7) is 2.35. The zero-order chi connectivity index (χ0) is 23.4. The van der Waals surface area contributed by atoms with Gasteiger partial charge in [-0.15, -0.1) is 0 Å². The van der Waals surface area contributed by atoms with Crippen LogP contribution in [0.5, 0.6) is 11.5 Å². The summed E-state index contributed by atoms with van der Waals surface area (Å²) < 4.78 is 10.8. The molecule has 0 saturated heterocycles. The number of benzene rings is 2. The Morgan fingerprint density at radius 2 is 1.79 bits per heavy atom. The van der Waals surface area contributed by atoms with Gasteiger partial charge in [0.15, 0.2) is 11.5 Å². The van der Waals surface area contributed by atoms with Gasteiger partial charge in [0.2, 0.25) is 5.91 Å². The molecule has 1 aliphatic carbocycles. The highest BCUT2D eigenvalue weighted by Crippen LogP contribution is 2.33. The summed E-state index contributed by atoms with van der Waals surface area (Å²) in [6, 6.07) is 13.6. The summed E-state index contributed by atoms with van der Waals surface area (Å²) in [7, 11) is 3.22. The molecule has 1 atom stereocenters. The monoisotopic (exact) mass is 450 g/mol. The van der Waals surface area contributed by atoms with Crippen molar-refractivity contribution in [3.05, 3.63) is 59.2 Å². The van der Waals surface area contributed by atoms with Crippen molar-refractivity contribution in [1.82, 2.24) is 10.2 Å². The van der Waals surface area contributed by atoms with Crippen molar-refractivity contribution >= 4 is 11.8 Å². The molecule has 1 fully saturated rings. The Labute approximate surface area is 196 Å². The van der Waals surface area contributed by atoms with Crippen LogP contribution in [0.3, 0.4) is 0 Å². The minimum absolute atomic E-state index is 0.0513. The zero-order valence-corrected chi connectivity index (χ0v) is 19.9. The van der Waals surface area contributed by atoms with Crippen LogP contribution in [0, 0.1) is 0 Å². The summed E-state index contributed by atoms with van der Waals surface area (Å²) in [4.78, 5) is 29.0. The van der Waals surface area contributed by atoms with Gasteiger partial charge in [-0.2, -0.15) is 0 Å². The number of hydrogen-bond acceptors (Lipinski definition) is 4. The third kappa shape index (κ3) is 4.70. The number of fused-ring (bicyclic) bond motifs is 1. The fourth-order valence-electron chi connectivity index (χ4n) is 5.13. The number of hydrogen-bond donors (Lipinski definition) is 1. The highest BCUT2D eigenvalue weighted by Gasteiger charge is 2.47. The molecule has 0 radical (unpaired) electrons. The van der Waals surface area contributed by atoms with E-state index < -0.39 is 5.54 Å². The van der Waals surface area contributed by atoms with Crippen LogP contribution in [0.25, 0.3) is 0 Å². The molecule has 1 aliphatic heterocycles. The summed E-state index contributed by atoms with van der Waals surface area (Å²) >= 11 is 0. The van der Waals surface area contributed by atoms with Crippen molar-refractivity contribution in [3.63, 3.8) is 0 Å². The quantitative estimate of drug-likeness (QED) is 0.688. The van der Waals surface area contributed by atoms with Crippen molar-refractivity contribution in [2.75, 3.05) is 20.8 Å². The Morgan fingerprint density at radius 3 is 2.52 bits per heavy atom. The van der Waals surface area contributed by atoms with E-state index in [0.29, 0.717) is 36.4 Å². The lowest BCUT2D eigenvalue weighted by molar-refractivity contribution is -0.132. The fourth-order valence-corrected chi connectivity index (χ4v) is 5.13. The largest absolute Gasteiger partial charge is 0.493 e. The average Bonchev–Trinajstić information content (AvgIpc) is 2.84. The van der Waals surface area contributed by atoms with E-state index in [-0.39, 0.29) is 17.9 Å². The Bertz CT molecular complexity index is 1010. The van der Waals surface area contributed by atoms with Gasteiger partial charge in [-0.1, -0.05) is 43.5 Å². The van der Waals surface area contributed by atoms with Crippen molar-refractivity contribution < 1.29 is 19.1 Å². The molecule has 0 spiro atoms. The van der Waals surface area contributed by atoms with Crippen LogP contribution in [0.4, 0.5) is 0 Å². The molecule has 4 rings (SSSR count). The molecule has 1 saturated carbocycles. The van der Waals surface area contributed by atoms with Gasteiger partial charge < -0.3 is 19.7 Å². The number of amides is 2. The molecule has 0 aromatic heterocycles. The van der Waals surface area contributed by atoms with Crippen molar-refractivity contribution in [3.8, 4) is 11.5 Å². The smallest absolute Gasteiger partial charge is 0.255 e.